The number of hydrogen-bond acceptors (Lipinski definition) is 2. The fraction of sp³-hybridized carbons (Fsp3) is 1.00. The van der Waals surface area contributed by atoms with E-state index in [1.165, 1.54) is 0 Å². The van der Waals surface area contributed by atoms with E-state index in [1.807, 2.05) is 0 Å². The van der Waals surface area contributed by atoms with Crippen LogP contribution in [0.3, 0.4) is 0 Å². The van der Waals surface area contributed by atoms with Crippen molar-refractivity contribution in [2.24, 2.45) is 5.73 Å². The van der Waals surface area contributed by atoms with Crippen LogP contribution in [0.4, 0.5) is 4.39 Å². The van der Waals surface area contributed by atoms with Crippen LogP contribution in [0.15, 0.2) is 0 Å². The first-order chi connectivity index (χ1) is 4.96. The van der Waals surface area contributed by atoms with Gasteiger partial charge in [-0.1, -0.05) is 0 Å². The lowest BCUT2D eigenvalue weighted by Gasteiger charge is -2.39. The van der Waals surface area contributed by atoms with Gasteiger partial charge in [-0.2, -0.15) is 0 Å². The SMILES string of the molecule is CC(C)(N)C1(F)CCCOC1. The van der Waals surface area contributed by atoms with Crippen molar-refractivity contribution < 1.29 is 9.13 Å². The maximum atomic E-state index is 13.8. The predicted molar refractivity (Wildman–Crippen MR) is 42.2 cm³/mol. The fourth-order valence-electron chi connectivity index (χ4n) is 1.27. The largest absolute Gasteiger partial charge is 0.378 e. The highest BCUT2D eigenvalue weighted by Gasteiger charge is 2.44. The van der Waals surface area contributed by atoms with Gasteiger partial charge in [0.15, 0.2) is 5.67 Å². The van der Waals surface area contributed by atoms with Crippen LogP contribution in [-0.2, 0) is 4.74 Å². The summed E-state index contributed by atoms with van der Waals surface area (Å²) in [5.74, 6) is 0. The molecule has 0 bridgehead atoms. The zero-order chi connectivity index (χ0) is 8.54. The quantitative estimate of drug-likeness (QED) is 0.628. The molecule has 2 N–H and O–H groups in total. The number of ether oxygens (including phenoxy) is 1. The van der Waals surface area contributed by atoms with Crippen LogP contribution < -0.4 is 5.73 Å². The molecule has 2 nitrogen and oxygen atoms in total. The lowest BCUT2D eigenvalue weighted by Crippen LogP contribution is -2.57. The van der Waals surface area contributed by atoms with Crippen molar-refractivity contribution in [1.29, 1.82) is 0 Å². The van der Waals surface area contributed by atoms with Crippen LogP contribution in [0.25, 0.3) is 0 Å². The molecule has 1 atom stereocenters. The highest BCUT2D eigenvalue weighted by Crippen LogP contribution is 2.32. The van der Waals surface area contributed by atoms with Gasteiger partial charge in [0.05, 0.1) is 6.61 Å². The van der Waals surface area contributed by atoms with Crippen molar-refractivity contribution in [3.05, 3.63) is 0 Å². The summed E-state index contributed by atoms with van der Waals surface area (Å²) in [7, 11) is 0. The minimum Gasteiger partial charge on any atom is -0.378 e. The van der Waals surface area contributed by atoms with Crippen molar-refractivity contribution >= 4 is 0 Å². The Bertz CT molecular complexity index is 136. The molecular weight excluding hydrogens is 145 g/mol. The van der Waals surface area contributed by atoms with E-state index in [0.29, 0.717) is 13.0 Å². The fourth-order valence-corrected chi connectivity index (χ4v) is 1.27. The summed E-state index contributed by atoms with van der Waals surface area (Å²) in [4.78, 5) is 0. The van der Waals surface area contributed by atoms with Crippen LogP contribution in [-0.4, -0.2) is 24.4 Å². The second-order valence-electron chi connectivity index (χ2n) is 3.84. The van der Waals surface area contributed by atoms with Gasteiger partial charge in [0, 0.05) is 12.1 Å². The Morgan fingerprint density at radius 1 is 1.55 bits per heavy atom. The standard InChI is InChI=1S/C8H16FNO/c1-7(2,10)8(9)4-3-5-11-6-8/h3-6,10H2,1-2H3. The summed E-state index contributed by atoms with van der Waals surface area (Å²) in [5.41, 5.74) is 3.58. The van der Waals surface area contributed by atoms with Gasteiger partial charge >= 0.3 is 0 Å². The monoisotopic (exact) mass is 161 g/mol. The molecule has 1 saturated heterocycles. The summed E-state index contributed by atoms with van der Waals surface area (Å²) in [6, 6.07) is 0. The van der Waals surface area contributed by atoms with Gasteiger partial charge in [-0.05, 0) is 26.7 Å². The Balaban J connectivity index is 2.64. The number of rotatable bonds is 1. The van der Waals surface area contributed by atoms with Crippen molar-refractivity contribution in [1.82, 2.24) is 0 Å². The Morgan fingerprint density at radius 2 is 2.18 bits per heavy atom. The number of halogens is 1. The van der Waals surface area contributed by atoms with Gasteiger partial charge in [-0.25, -0.2) is 4.39 Å². The molecule has 0 amide bonds. The average Bonchev–Trinajstić information content (AvgIpc) is 1.87. The minimum absolute atomic E-state index is 0.149. The first-order valence-electron chi connectivity index (χ1n) is 4.01. The molecule has 66 valence electrons. The van der Waals surface area contributed by atoms with Crippen molar-refractivity contribution in [2.75, 3.05) is 13.2 Å². The molecule has 0 spiro atoms. The van der Waals surface area contributed by atoms with E-state index in [1.54, 1.807) is 13.8 Å². The van der Waals surface area contributed by atoms with Gasteiger partial charge in [0.2, 0.25) is 0 Å². The minimum atomic E-state index is -1.33. The molecule has 0 aromatic heterocycles. The van der Waals surface area contributed by atoms with E-state index >= 15 is 0 Å². The number of alkyl halides is 1. The molecule has 0 aromatic rings. The summed E-state index contributed by atoms with van der Waals surface area (Å²) >= 11 is 0. The van der Waals surface area contributed by atoms with Crippen LogP contribution in [0.1, 0.15) is 26.7 Å². The summed E-state index contributed by atoms with van der Waals surface area (Å²) in [5, 5.41) is 0. The Labute approximate surface area is 66.9 Å². The van der Waals surface area contributed by atoms with E-state index in [-0.39, 0.29) is 6.61 Å². The third-order valence-corrected chi connectivity index (χ3v) is 2.35. The number of hydrogen-bond donors (Lipinski definition) is 1. The zero-order valence-corrected chi connectivity index (χ0v) is 7.19. The normalized spacial score (nSPS) is 33.8. The zero-order valence-electron chi connectivity index (χ0n) is 7.19. The topological polar surface area (TPSA) is 35.2 Å². The summed E-state index contributed by atoms with van der Waals surface area (Å²) in [6.45, 7) is 4.24. The van der Waals surface area contributed by atoms with E-state index < -0.39 is 11.2 Å². The summed E-state index contributed by atoms with van der Waals surface area (Å²) in [6.07, 6.45) is 1.30. The maximum absolute atomic E-state index is 13.8. The molecule has 0 saturated carbocycles. The lowest BCUT2D eigenvalue weighted by atomic mass is 9.81. The molecule has 0 aliphatic carbocycles. The number of nitrogens with two attached hydrogens (primary N) is 1. The van der Waals surface area contributed by atoms with Gasteiger partial charge in [0.25, 0.3) is 0 Å². The smallest absolute Gasteiger partial charge is 0.151 e. The Morgan fingerprint density at radius 3 is 2.45 bits per heavy atom. The third kappa shape index (κ3) is 1.71. The molecular formula is C8H16FNO. The van der Waals surface area contributed by atoms with E-state index in [4.69, 9.17) is 10.5 Å². The van der Waals surface area contributed by atoms with E-state index in [9.17, 15) is 4.39 Å². The maximum Gasteiger partial charge on any atom is 0.151 e. The molecule has 0 radical (unpaired) electrons. The van der Waals surface area contributed by atoms with Crippen LogP contribution in [0.2, 0.25) is 0 Å². The van der Waals surface area contributed by atoms with Crippen LogP contribution >= 0.6 is 0 Å². The molecule has 1 rings (SSSR count). The van der Waals surface area contributed by atoms with Gasteiger partial charge in [0.1, 0.15) is 0 Å². The average molecular weight is 161 g/mol. The molecule has 1 aliphatic heterocycles. The molecule has 1 aliphatic rings. The first kappa shape index (κ1) is 8.94. The van der Waals surface area contributed by atoms with Crippen LogP contribution in [0.5, 0.6) is 0 Å². The predicted octanol–water partition coefficient (Wildman–Crippen LogP) is 1.24. The lowest BCUT2D eigenvalue weighted by molar-refractivity contribution is -0.0666. The summed E-state index contributed by atoms with van der Waals surface area (Å²) < 4.78 is 18.9. The second kappa shape index (κ2) is 2.72. The van der Waals surface area contributed by atoms with Crippen molar-refractivity contribution in [3.8, 4) is 0 Å². The van der Waals surface area contributed by atoms with E-state index in [0.717, 1.165) is 6.42 Å². The second-order valence-corrected chi connectivity index (χ2v) is 3.84. The van der Waals surface area contributed by atoms with E-state index in [2.05, 4.69) is 0 Å². The molecule has 0 aromatic carbocycles. The Hall–Kier alpha value is -0.150. The third-order valence-electron chi connectivity index (χ3n) is 2.35. The molecule has 3 heteroatoms. The van der Waals surface area contributed by atoms with Crippen LogP contribution in [0, 0.1) is 0 Å². The first-order valence-corrected chi connectivity index (χ1v) is 4.01. The highest BCUT2D eigenvalue weighted by atomic mass is 19.1. The van der Waals surface area contributed by atoms with Crippen molar-refractivity contribution in [2.45, 2.75) is 37.9 Å². The molecule has 1 heterocycles. The van der Waals surface area contributed by atoms with Gasteiger partial charge < -0.3 is 10.5 Å². The molecule has 1 unspecified atom stereocenters. The molecule has 1 fully saturated rings. The van der Waals surface area contributed by atoms with Gasteiger partial charge in [-0.15, -0.1) is 0 Å². The Kier molecular flexibility index (Phi) is 2.21. The highest BCUT2D eigenvalue weighted by molar-refractivity contribution is 4.99. The van der Waals surface area contributed by atoms with Gasteiger partial charge in [-0.3, -0.25) is 0 Å². The molecule has 11 heavy (non-hydrogen) atoms. The van der Waals surface area contributed by atoms with Crippen molar-refractivity contribution in [3.63, 3.8) is 0 Å².